The van der Waals surface area contributed by atoms with E-state index < -0.39 is 0 Å². The topological polar surface area (TPSA) is 25.8 Å². The van der Waals surface area contributed by atoms with Gasteiger partial charge in [-0.1, -0.05) is 30.7 Å². The van der Waals surface area contributed by atoms with Crippen LogP contribution in [0.15, 0.2) is 41.0 Å². The van der Waals surface area contributed by atoms with Crippen molar-refractivity contribution in [1.82, 2.24) is 9.97 Å². The Kier molecular flexibility index (Phi) is 3.73. The van der Waals surface area contributed by atoms with Crippen molar-refractivity contribution < 1.29 is 0 Å². The summed E-state index contributed by atoms with van der Waals surface area (Å²) in [7, 11) is 0. The maximum absolute atomic E-state index is 5.95. The predicted molar refractivity (Wildman–Crippen MR) is 84.3 cm³/mol. The van der Waals surface area contributed by atoms with E-state index in [1.54, 1.807) is 29.4 Å². The second-order valence-corrected chi connectivity index (χ2v) is 6.50. The third kappa shape index (κ3) is 2.48. The van der Waals surface area contributed by atoms with Crippen LogP contribution in [0.1, 0.15) is 6.92 Å². The number of thioether (sulfide) groups is 1. The zero-order valence-electron chi connectivity index (χ0n) is 10.3. The number of hydrogen-bond donors (Lipinski definition) is 0. The van der Waals surface area contributed by atoms with E-state index in [2.05, 4.69) is 22.3 Å². The first-order chi connectivity index (χ1) is 9.29. The first-order valence-electron chi connectivity index (χ1n) is 5.90. The summed E-state index contributed by atoms with van der Waals surface area (Å²) in [5.74, 6) is 1.00. The van der Waals surface area contributed by atoms with Gasteiger partial charge in [0.15, 0.2) is 0 Å². The van der Waals surface area contributed by atoms with Gasteiger partial charge in [0, 0.05) is 16.0 Å². The Labute approximate surface area is 124 Å². The second-order valence-electron chi connectivity index (χ2n) is 3.95. The minimum atomic E-state index is 0.752. The van der Waals surface area contributed by atoms with Crippen LogP contribution in [-0.2, 0) is 0 Å². The SMILES string of the molecule is CCSc1ncnc2scc(-c3ccc(Cl)cc3)c12. The number of hydrogen-bond acceptors (Lipinski definition) is 4. The molecule has 2 heterocycles. The van der Waals surface area contributed by atoms with Crippen LogP contribution in [0.3, 0.4) is 0 Å². The number of rotatable bonds is 3. The van der Waals surface area contributed by atoms with Gasteiger partial charge < -0.3 is 0 Å². The molecule has 0 atom stereocenters. The van der Waals surface area contributed by atoms with Gasteiger partial charge in [0.1, 0.15) is 16.2 Å². The molecule has 3 rings (SSSR count). The minimum Gasteiger partial charge on any atom is -0.229 e. The van der Waals surface area contributed by atoms with Gasteiger partial charge in [-0.25, -0.2) is 9.97 Å². The van der Waals surface area contributed by atoms with Gasteiger partial charge in [-0.3, -0.25) is 0 Å². The minimum absolute atomic E-state index is 0.752. The summed E-state index contributed by atoms with van der Waals surface area (Å²) in [6.45, 7) is 2.13. The van der Waals surface area contributed by atoms with E-state index in [1.165, 1.54) is 5.56 Å². The van der Waals surface area contributed by atoms with Crippen molar-refractivity contribution in [2.75, 3.05) is 5.75 Å². The van der Waals surface area contributed by atoms with E-state index >= 15 is 0 Å². The molecule has 5 heteroatoms. The molecule has 1 aromatic carbocycles. The second kappa shape index (κ2) is 5.49. The van der Waals surface area contributed by atoms with Crippen molar-refractivity contribution in [1.29, 1.82) is 0 Å². The van der Waals surface area contributed by atoms with Gasteiger partial charge in [-0.2, -0.15) is 0 Å². The van der Waals surface area contributed by atoms with E-state index in [1.807, 2.05) is 24.3 Å². The van der Waals surface area contributed by atoms with Crippen LogP contribution in [0, 0.1) is 0 Å². The van der Waals surface area contributed by atoms with Gasteiger partial charge >= 0.3 is 0 Å². The highest BCUT2D eigenvalue weighted by Crippen LogP contribution is 2.37. The van der Waals surface area contributed by atoms with Gasteiger partial charge in [0.2, 0.25) is 0 Å². The fraction of sp³-hybridized carbons (Fsp3) is 0.143. The first-order valence-corrected chi connectivity index (χ1v) is 8.15. The standard InChI is InChI=1S/C14H11ClN2S2/c1-2-18-13-12-11(7-19-14(12)17-8-16-13)9-3-5-10(15)6-4-9/h3-8H,2H2,1H3. The molecule has 0 aliphatic heterocycles. The number of thiophene rings is 1. The number of fused-ring (bicyclic) bond motifs is 1. The zero-order chi connectivity index (χ0) is 13.2. The van der Waals surface area contributed by atoms with Crippen LogP contribution in [0.5, 0.6) is 0 Å². The number of nitrogens with zero attached hydrogens (tertiary/aromatic N) is 2. The fourth-order valence-corrected chi connectivity index (χ4v) is 3.79. The molecule has 0 saturated carbocycles. The van der Waals surface area contributed by atoms with Crippen molar-refractivity contribution in [2.45, 2.75) is 11.9 Å². The van der Waals surface area contributed by atoms with Gasteiger partial charge in [0.25, 0.3) is 0 Å². The van der Waals surface area contributed by atoms with Crippen LogP contribution >= 0.6 is 34.7 Å². The van der Waals surface area contributed by atoms with Crippen LogP contribution in [0.4, 0.5) is 0 Å². The maximum atomic E-state index is 5.95. The summed E-state index contributed by atoms with van der Waals surface area (Å²) < 4.78 is 0. The lowest BCUT2D eigenvalue weighted by Gasteiger charge is -2.04. The number of aromatic nitrogens is 2. The van der Waals surface area contributed by atoms with E-state index in [-0.39, 0.29) is 0 Å². The van der Waals surface area contributed by atoms with Crippen molar-refractivity contribution in [3.8, 4) is 11.1 Å². The molecule has 19 heavy (non-hydrogen) atoms. The predicted octanol–water partition coefficient (Wildman–Crippen LogP) is 5.12. The molecule has 0 saturated heterocycles. The summed E-state index contributed by atoms with van der Waals surface area (Å²) in [5, 5.41) is 5.10. The molecular formula is C14H11ClN2S2. The molecule has 0 unspecified atom stereocenters. The summed E-state index contributed by atoms with van der Waals surface area (Å²) in [6, 6.07) is 7.90. The van der Waals surface area contributed by atoms with Gasteiger partial charge in [0.05, 0.1) is 5.39 Å². The smallest absolute Gasteiger partial charge is 0.128 e. The first kappa shape index (κ1) is 12.9. The molecular weight excluding hydrogens is 296 g/mol. The lowest BCUT2D eigenvalue weighted by Crippen LogP contribution is -1.85. The summed E-state index contributed by atoms with van der Waals surface area (Å²) in [5.41, 5.74) is 2.34. The van der Waals surface area contributed by atoms with Crippen LogP contribution in [0.25, 0.3) is 21.3 Å². The summed E-state index contributed by atoms with van der Waals surface area (Å²) in [4.78, 5) is 9.80. The van der Waals surface area contributed by atoms with Gasteiger partial charge in [-0.05, 0) is 23.4 Å². The Hall–Kier alpha value is -1.10. The highest BCUT2D eigenvalue weighted by atomic mass is 35.5. The Morgan fingerprint density at radius 1 is 1.21 bits per heavy atom. The molecule has 0 radical (unpaired) electrons. The van der Waals surface area contributed by atoms with E-state index in [4.69, 9.17) is 11.6 Å². The molecule has 0 spiro atoms. The molecule has 0 aliphatic carbocycles. The molecule has 2 nitrogen and oxygen atoms in total. The molecule has 3 aromatic rings. The average molecular weight is 307 g/mol. The zero-order valence-corrected chi connectivity index (χ0v) is 12.6. The van der Waals surface area contributed by atoms with Crippen molar-refractivity contribution >= 4 is 44.9 Å². The molecule has 0 aliphatic rings. The van der Waals surface area contributed by atoms with E-state index in [0.29, 0.717) is 0 Å². The van der Waals surface area contributed by atoms with Crippen LogP contribution in [0.2, 0.25) is 5.02 Å². The monoisotopic (exact) mass is 306 g/mol. The number of benzene rings is 1. The van der Waals surface area contributed by atoms with Crippen LogP contribution < -0.4 is 0 Å². The van der Waals surface area contributed by atoms with Crippen molar-refractivity contribution in [3.05, 3.63) is 41.0 Å². The molecule has 0 fully saturated rings. The van der Waals surface area contributed by atoms with E-state index in [0.717, 1.165) is 31.6 Å². The Bertz CT molecular complexity index is 707. The Morgan fingerprint density at radius 2 is 2.00 bits per heavy atom. The molecule has 2 aromatic heterocycles. The summed E-state index contributed by atoms with van der Waals surface area (Å²) >= 11 is 9.35. The fourth-order valence-electron chi connectivity index (χ4n) is 1.94. The quantitative estimate of drug-likeness (QED) is 0.496. The average Bonchev–Trinajstić information content (AvgIpc) is 2.85. The molecule has 0 bridgehead atoms. The molecule has 0 N–H and O–H groups in total. The van der Waals surface area contributed by atoms with Crippen LogP contribution in [-0.4, -0.2) is 15.7 Å². The number of halogens is 1. The molecule has 0 amide bonds. The third-order valence-electron chi connectivity index (χ3n) is 2.77. The largest absolute Gasteiger partial charge is 0.229 e. The summed E-state index contributed by atoms with van der Waals surface area (Å²) in [6.07, 6.45) is 1.64. The maximum Gasteiger partial charge on any atom is 0.128 e. The molecule has 96 valence electrons. The highest BCUT2D eigenvalue weighted by Gasteiger charge is 2.12. The normalized spacial score (nSPS) is 11.1. The lowest BCUT2D eigenvalue weighted by molar-refractivity contribution is 1.11. The van der Waals surface area contributed by atoms with Crippen molar-refractivity contribution in [2.24, 2.45) is 0 Å². The van der Waals surface area contributed by atoms with Gasteiger partial charge in [-0.15, -0.1) is 23.1 Å². The Balaban J connectivity index is 2.21. The highest BCUT2D eigenvalue weighted by molar-refractivity contribution is 7.99. The lowest BCUT2D eigenvalue weighted by atomic mass is 10.1. The van der Waals surface area contributed by atoms with E-state index in [9.17, 15) is 0 Å². The Morgan fingerprint density at radius 3 is 2.74 bits per heavy atom. The van der Waals surface area contributed by atoms with Crippen molar-refractivity contribution in [3.63, 3.8) is 0 Å². The third-order valence-corrected chi connectivity index (χ3v) is 4.78.